The molecule has 0 atom stereocenters. The minimum Gasteiger partial charge on any atom is -0.478 e. The summed E-state index contributed by atoms with van der Waals surface area (Å²) in [6.45, 7) is 3.27. The van der Waals surface area contributed by atoms with Gasteiger partial charge in [-0.25, -0.2) is 4.98 Å². The highest BCUT2D eigenvalue weighted by Crippen LogP contribution is 2.18. The normalized spacial score (nSPS) is 10.3. The molecule has 84 valence electrons. The van der Waals surface area contributed by atoms with Crippen LogP contribution in [0.25, 0.3) is 0 Å². The maximum Gasteiger partial charge on any atom is 0.213 e. The van der Waals surface area contributed by atoms with Gasteiger partial charge in [-0.15, -0.1) is 0 Å². The van der Waals surface area contributed by atoms with E-state index in [0.717, 1.165) is 12.0 Å². The van der Waals surface area contributed by atoms with E-state index in [1.54, 1.807) is 12.3 Å². The van der Waals surface area contributed by atoms with Crippen molar-refractivity contribution in [2.24, 2.45) is 5.73 Å². The first-order chi connectivity index (χ1) is 7.27. The summed E-state index contributed by atoms with van der Waals surface area (Å²) >= 11 is 5.88. The maximum atomic E-state index is 5.88. The SMILES string of the molecule is CCCCCOc1cc(CN)c(Cl)cn1. The Morgan fingerprint density at radius 3 is 2.93 bits per heavy atom. The number of hydrogen-bond donors (Lipinski definition) is 1. The molecule has 3 nitrogen and oxygen atoms in total. The number of ether oxygens (including phenoxy) is 1. The third-order valence-electron chi connectivity index (χ3n) is 2.13. The van der Waals surface area contributed by atoms with Crippen molar-refractivity contribution < 1.29 is 4.74 Å². The maximum absolute atomic E-state index is 5.88. The molecule has 1 aromatic heterocycles. The van der Waals surface area contributed by atoms with Crippen LogP contribution < -0.4 is 10.5 Å². The molecule has 2 N–H and O–H groups in total. The summed E-state index contributed by atoms with van der Waals surface area (Å²) in [6, 6.07) is 1.80. The number of pyridine rings is 1. The van der Waals surface area contributed by atoms with Gasteiger partial charge in [0.15, 0.2) is 0 Å². The van der Waals surface area contributed by atoms with Crippen molar-refractivity contribution in [2.45, 2.75) is 32.7 Å². The lowest BCUT2D eigenvalue weighted by atomic mass is 10.2. The third kappa shape index (κ3) is 4.06. The van der Waals surface area contributed by atoms with Gasteiger partial charge >= 0.3 is 0 Å². The number of hydrogen-bond acceptors (Lipinski definition) is 3. The van der Waals surface area contributed by atoms with Gasteiger partial charge in [-0.3, -0.25) is 0 Å². The molecular weight excluding hydrogens is 212 g/mol. The van der Waals surface area contributed by atoms with Gasteiger partial charge in [0.2, 0.25) is 5.88 Å². The zero-order valence-electron chi connectivity index (χ0n) is 9.00. The lowest BCUT2D eigenvalue weighted by molar-refractivity contribution is 0.294. The van der Waals surface area contributed by atoms with Crippen LogP contribution in [0.1, 0.15) is 31.7 Å². The Morgan fingerprint density at radius 1 is 1.47 bits per heavy atom. The molecular formula is C11H17ClN2O. The largest absolute Gasteiger partial charge is 0.478 e. The van der Waals surface area contributed by atoms with E-state index in [0.29, 0.717) is 24.1 Å². The molecule has 1 heterocycles. The fraction of sp³-hybridized carbons (Fsp3) is 0.545. The van der Waals surface area contributed by atoms with Gasteiger partial charge < -0.3 is 10.5 Å². The van der Waals surface area contributed by atoms with Gasteiger partial charge in [0.05, 0.1) is 11.6 Å². The molecule has 0 aliphatic rings. The number of halogens is 1. The quantitative estimate of drug-likeness (QED) is 0.762. The van der Waals surface area contributed by atoms with Crippen molar-refractivity contribution in [1.82, 2.24) is 4.98 Å². The van der Waals surface area contributed by atoms with Gasteiger partial charge in [-0.2, -0.15) is 0 Å². The van der Waals surface area contributed by atoms with Crippen LogP contribution in [0.5, 0.6) is 5.88 Å². The van der Waals surface area contributed by atoms with Crippen molar-refractivity contribution in [3.05, 3.63) is 22.8 Å². The van der Waals surface area contributed by atoms with Crippen LogP contribution in [0.15, 0.2) is 12.3 Å². The lowest BCUT2D eigenvalue weighted by Gasteiger charge is -2.06. The van der Waals surface area contributed by atoms with E-state index in [-0.39, 0.29) is 0 Å². The summed E-state index contributed by atoms with van der Waals surface area (Å²) in [6.07, 6.45) is 5.00. The molecule has 0 amide bonds. The second-order valence-electron chi connectivity index (χ2n) is 3.37. The van der Waals surface area contributed by atoms with Crippen LogP contribution in [-0.4, -0.2) is 11.6 Å². The second kappa shape index (κ2) is 6.64. The Bertz CT molecular complexity index is 305. The Morgan fingerprint density at radius 2 is 2.27 bits per heavy atom. The van der Waals surface area contributed by atoms with Crippen molar-refractivity contribution in [3.63, 3.8) is 0 Å². The molecule has 0 bridgehead atoms. The smallest absolute Gasteiger partial charge is 0.213 e. The highest BCUT2D eigenvalue weighted by atomic mass is 35.5. The number of rotatable bonds is 6. The predicted molar refractivity (Wildman–Crippen MR) is 62.2 cm³/mol. The zero-order chi connectivity index (χ0) is 11.1. The van der Waals surface area contributed by atoms with Crippen LogP contribution in [0.2, 0.25) is 5.02 Å². The van der Waals surface area contributed by atoms with Gasteiger partial charge in [0, 0.05) is 18.8 Å². The molecule has 0 saturated carbocycles. The van der Waals surface area contributed by atoms with Crippen molar-refractivity contribution >= 4 is 11.6 Å². The van der Waals surface area contributed by atoms with E-state index >= 15 is 0 Å². The molecule has 4 heteroatoms. The highest BCUT2D eigenvalue weighted by Gasteiger charge is 2.02. The number of aromatic nitrogens is 1. The number of nitrogens with two attached hydrogens (primary N) is 1. The molecule has 0 aliphatic heterocycles. The lowest BCUT2D eigenvalue weighted by Crippen LogP contribution is -2.02. The fourth-order valence-corrected chi connectivity index (χ4v) is 1.40. The van der Waals surface area contributed by atoms with Gasteiger partial charge in [-0.05, 0) is 12.0 Å². The van der Waals surface area contributed by atoms with Crippen molar-refractivity contribution in [1.29, 1.82) is 0 Å². The molecule has 0 unspecified atom stereocenters. The summed E-state index contributed by atoms with van der Waals surface area (Å²) < 4.78 is 5.48. The highest BCUT2D eigenvalue weighted by molar-refractivity contribution is 6.31. The average Bonchev–Trinajstić information content (AvgIpc) is 2.26. The molecule has 0 saturated heterocycles. The molecule has 0 aliphatic carbocycles. The van der Waals surface area contributed by atoms with E-state index < -0.39 is 0 Å². The molecule has 1 rings (SSSR count). The van der Waals surface area contributed by atoms with E-state index in [2.05, 4.69) is 11.9 Å². The summed E-state index contributed by atoms with van der Waals surface area (Å²) in [4.78, 5) is 4.07. The van der Waals surface area contributed by atoms with Gasteiger partial charge in [0.25, 0.3) is 0 Å². The molecule has 0 aromatic carbocycles. The molecule has 0 radical (unpaired) electrons. The Kier molecular flexibility index (Phi) is 5.43. The van der Waals surface area contributed by atoms with Crippen LogP contribution in [0.3, 0.4) is 0 Å². The summed E-state index contributed by atoms with van der Waals surface area (Å²) in [5, 5.41) is 0.596. The molecule has 1 aromatic rings. The van der Waals surface area contributed by atoms with Crippen molar-refractivity contribution in [3.8, 4) is 5.88 Å². The van der Waals surface area contributed by atoms with Crippen LogP contribution in [0.4, 0.5) is 0 Å². The topological polar surface area (TPSA) is 48.1 Å². The Labute approximate surface area is 95.6 Å². The van der Waals surface area contributed by atoms with E-state index in [1.165, 1.54) is 12.8 Å². The van der Waals surface area contributed by atoms with Crippen LogP contribution in [-0.2, 0) is 6.54 Å². The molecule has 15 heavy (non-hydrogen) atoms. The predicted octanol–water partition coefficient (Wildman–Crippen LogP) is 2.76. The first kappa shape index (κ1) is 12.3. The first-order valence-electron chi connectivity index (χ1n) is 5.25. The van der Waals surface area contributed by atoms with Gasteiger partial charge in [0.1, 0.15) is 0 Å². The second-order valence-corrected chi connectivity index (χ2v) is 3.78. The van der Waals surface area contributed by atoms with E-state index in [1.807, 2.05) is 0 Å². The minimum absolute atomic E-state index is 0.409. The molecule has 0 spiro atoms. The van der Waals surface area contributed by atoms with Crippen LogP contribution in [0, 0.1) is 0 Å². The minimum atomic E-state index is 0.409. The summed E-state index contributed by atoms with van der Waals surface area (Å²) in [5.74, 6) is 0.607. The first-order valence-corrected chi connectivity index (χ1v) is 5.63. The standard InChI is InChI=1S/C11H17ClN2O/c1-2-3-4-5-15-11-6-9(7-13)10(12)8-14-11/h6,8H,2-5,7,13H2,1H3. The summed E-state index contributed by atoms with van der Waals surface area (Å²) in [7, 11) is 0. The Balaban J connectivity index is 2.47. The van der Waals surface area contributed by atoms with Crippen LogP contribution >= 0.6 is 11.6 Å². The average molecular weight is 229 g/mol. The molecule has 0 fully saturated rings. The third-order valence-corrected chi connectivity index (χ3v) is 2.47. The number of unbranched alkanes of at least 4 members (excludes halogenated alkanes) is 2. The Hall–Kier alpha value is -0.800. The van der Waals surface area contributed by atoms with E-state index in [4.69, 9.17) is 22.1 Å². The fourth-order valence-electron chi connectivity index (χ4n) is 1.22. The van der Waals surface area contributed by atoms with Gasteiger partial charge in [-0.1, -0.05) is 31.4 Å². The van der Waals surface area contributed by atoms with E-state index in [9.17, 15) is 0 Å². The summed E-state index contributed by atoms with van der Waals surface area (Å²) in [5.41, 5.74) is 6.40. The monoisotopic (exact) mass is 228 g/mol. The van der Waals surface area contributed by atoms with Crippen molar-refractivity contribution in [2.75, 3.05) is 6.61 Å². The zero-order valence-corrected chi connectivity index (χ0v) is 9.76. The number of nitrogens with zero attached hydrogens (tertiary/aromatic N) is 1.